The van der Waals surface area contributed by atoms with Crippen molar-refractivity contribution >= 4 is 11.9 Å². The number of aromatic hydroxyl groups is 1. The molecule has 1 fully saturated rings. The highest BCUT2D eigenvalue weighted by Crippen LogP contribution is 2.40. The summed E-state index contributed by atoms with van der Waals surface area (Å²) in [5.74, 6) is 0.765. The smallest absolute Gasteiger partial charge is 0.231 e. The Bertz CT molecular complexity index is 864. The predicted molar refractivity (Wildman–Crippen MR) is 98.3 cm³/mol. The number of hydrogen-bond acceptors (Lipinski definition) is 5. The number of nitrogens with zero attached hydrogens (tertiary/aromatic N) is 1. The number of benzene rings is 2. The summed E-state index contributed by atoms with van der Waals surface area (Å²) in [6.07, 6.45) is 1.75. The van der Waals surface area contributed by atoms with E-state index in [2.05, 4.69) is 4.90 Å². The number of carbonyl (C=O) groups is 1. The summed E-state index contributed by atoms with van der Waals surface area (Å²) in [7, 11) is 0. The van der Waals surface area contributed by atoms with Crippen LogP contribution in [0.3, 0.4) is 0 Å². The molecule has 0 spiro atoms. The van der Waals surface area contributed by atoms with Gasteiger partial charge in [0.1, 0.15) is 11.5 Å². The number of rotatable bonds is 3. The third-order valence-corrected chi connectivity index (χ3v) is 4.78. The predicted octanol–water partition coefficient (Wildman–Crippen LogP) is 3.15. The number of morpholine rings is 1. The first kappa shape index (κ1) is 16.8. The van der Waals surface area contributed by atoms with Gasteiger partial charge in [-0.2, -0.15) is 0 Å². The van der Waals surface area contributed by atoms with E-state index in [4.69, 9.17) is 9.47 Å². The second kappa shape index (κ2) is 6.94. The number of ether oxygens (including phenoxy) is 2. The Hall–Kier alpha value is -2.63. The standard InChI is InChI=1S/C21H21NO4/c1-14-2-4-15(5-3-14)12-19-20(24)16-6-7-18(23)17(21(16)26-19)13-22-8-10-25-11-9-22/h2-7,12,23H,8-11,13H2,1H3. The van der Waals surface area contributed by atoms with Gasteiger partial charge in [-0.1, -0.05) is 29.8 Å². The van der Waals surface area contributed by atoms with E-state index in [9.17, 15) is 9.90 Å². The Balaban J connectivity index is 1.64. The molecule has 0 radical (unpaired) electrons. The minimum atomic E-state index is -0.149. The van der Waals surface area contributed by atoms with E-state index in [0.29, 0.717) is 36.6 Å². The average Bonchev–Trinajstić information content (AvgIpc) is 2.96. The lowest BCUT2D eigenvalue weighted by Gasteiger charge is -2.27. The minimum absolute atomic E-state index is 0.149. The molecule has 5 nitrogen and oxygen atoms in total. The van der Waals surface area contributed by atoms with Crippen LogP contribution in [0.25, 0.3) is 6.08 Å². The largest absolute Gasteiger partial charge is 0.507 e. The van der Waals surface area contributed by atoms with Crippen LogP contribution in [0.15, 0.2) is 42.2 Å². The van der Waals surface area contributed by atoms with Crippen molar-refractivity contribution in [3.63, 3.8) is 0 Å². The summed E-state index contributed by atoms with van der Waals surface area (Å²) < 4.78 is 11.3. The molecule has 0 bridgehead atoms. The highest BCUT2D eigenvalue weighted by Gasteiger charge is 2.31. The van der Waals surface area contributed by atoms with E-state index >= 15 is 0 Å². The number of phenolic OH excluding ortho intramolecular Hbond substituents is 1. The van der Waals surface area contributed by atoms with Gasteiger partial charge in [0.2, 0.25) is 5.78 Å². The highest BCUT2D eigenvalue weighted by atomic mass is 16.5. The van der Waals surface area contributed by atoms with E-state index in [1.54, 1.807) is 18.2 Å². The molecule has 1 saturated heterocycles. The van der Waals surface area contributed by atoms with Gasteiger partial charge in [0, 0.05) is 19.6 Å². The zero-order chi connectivity index (χ0) is 18.1. The molecule has 0 aromatic heterocycles. The molecule has 0 amide bonds. The van der Waals surface area contributed by atoms with Crippen LogP contribution in [0.5, 0.6) is 11.5 Å². The maximum Gasteiger partial charge on any atom is 0.231 e. The van der Waals surface area contributed by atoms with Crippen LogP contribution in [-0.4, -0.2) is 42.1 Å². The van der Waals surface area contributed by atoms with Crippen molar-refractivity contribution in [2.24, 2.45) is 0 Å². The first-order chi connectivity index (χ1) is 12.6. The van der Waals surface area contributed by atoms with Gasteiger partial charge in [0.05, 0.1) is 24.3 Å². The number of phenols is 1. The van der Waals surface area contributed by atoms with Crippen molar-refractivity contribution in [3.8, 4) is 11.5 Å². The van der Waals surface area contributed by atoms with Gasteiger partial charge >= 0.3 is 0 Å². The summed E-state index contributed by atoms with van der Waals surface area (Å²) in [6, 6.07) is 11.1. The Morgan fingerprint density at radius 2 is 1.85 bits per heavy atom. The molecular formula is C21H21NO4. The van der Waals surface area contributed by atoms with Gasteiger partial charge in [-0.15, -0.1) is 0 Å². The third-order valence-electron chi connectivity index (χ3n) is 4.78. The number of aryl methyl sites for hydroxylation is 1. The van der Waals surface area contributed by atoms with Crippen LogP contribution in [0.4, 0.5) is 0 Å². The number of carbonyl (C=O) groups excluding carboxylic acids is 1. The zero-order valence-corrected chi connectivity index (χ0v) is 14.7. The highest BCUT2D eigenvalue weighted by molar-refractivity contribution is 6.15. The molecule has 2 aliphatic heterocycles. The monoisotopic (exact) mass is 351 g/mol. The van der Waals surface area contributed by atoms with Gasteiger partial charge in [-0.25, -0.2) is 0 Å². The Kier molecular flexibility index (Phi) is 4.49. The fourth-order valence-corrected chi connectivity index (χ4v) is 3.25. The molecule has 1 N–H and O–H groups in total. The summed E-state index contributed by atoms with van der Waals surface area (Å²) in [5, 5.41) is 10.3. The molecule has 2 aromatic rings. The Morgan fingerprint density at radius 3 is 2.58 bits per heavy atom. The lowest BCUT2D eigenvalue weighted by Crippen LogP contribution is -2.35. The molecule has 0 unspecified atom stereocenters. The molecule has 0 aliphatic carbocycles. The molecule has 4 rings (SSSR count). The van der Waals surface area contributed by atoms with E-state index in [1.807, 2.05) is 31.2 Å². The van der Waals surface area contributed by atoms with Gasteiger partial charge in [-0.05, 0) is 30.7 Å². The van der Waals surface area contributed by atoms with Crippen molar-refractivity contribution in [1.29, 1.82) is 0 Å². The molecule has 2 aliphatic rings. The van der Waals surface area contributed by atoms with Crippen LogP contribution >= 0.6 is 0 Å². The van der Waals surface area contributed by atoms with E-state index in [-0.39, 0.29) is 17.3 Å². The molecular weight excluding hydrogens is 330 g/mol. The Labute approximate surface area is 152 Å². The van der Waals surface area contributed by atoms with Gasteiger partial charge in [-0.3, -0.25) is 9.69 Å². The molecule has 5 heteroatoms. The SMILES string of the molecule is Cc1ccc(C=C2Oc3c(ccc(O)c3CN3CCOCC3)C2=O)cc1. The summed E-state index contributed by atoms with van der Waals surface area (Å²) >= 11 is 0. The summed E-state index contributed by atoms with van der Waals surface area (Å²) in [4.78, 5) is 14.9. The fourth-order valence-electron chi connectivity index (χ4n) is 3.25. The topological polar surface area (TPSA) is 59.0 Å². The van der Waals surface area contributed by atoms with Crippen LogP contribution < -0.4 is 4.74 Å². The van der Waals surface area contributed by atoms with Crippen molar-refractivity contribution in [1.82, 2.24) is 4.90 Å². The first-order valence-corrected chi connectivity index (χ1v) is 8.77. The molecule has 0 atom stereocenters. The quantitative estimate of drug-likeness (QED) is 0.861. The van der Waals surface area contributed by atoms with Crippen LogP contribution in [0.2, 0.25) is 0 Å². The first-order valence-electron chi connectivity index (χ1n) is 8.77. The lowest BCUT2D eigenvalue weighted by molar-refractivity contribution is 0.0336. The zero-order valence-electron chi connectivity index (χ0n) is 14.7. The molecule has 0 saturated carbocycles. The number of Topliss-reactive ketones (excluding diaryl/α,β-unsaturated/α-hetero) is 1. The van der Waals surface area contributed by atoms with E-state index in [0.717, 1.165) is 24.2 Å². The number of hydrogen-bond donors (Lipinski definition) is 1. The number of ketones is 1. The fraction of sp³-hybridized carbons (Fsp3) is 0.286. The molecule has 26 heavy (non-hydrogen) atoms. The van der Waals surface area contributed by atoms with Crippen molar-refractivity contribution < 1.29 is 19.4 Å². The van der Waals surface area contributed by atoms with Crippen molar-refractivity contribution in [2.75, 3.05) is 26.3 Å². The molecule has 134 valence electrons. The average molecular weight is 351 g/mol. The second-order valence-corrected chi connectivity index (χ2v) is 6.68. The van der Waals surface area contributed by atoms with Crippen molar-refractivity contribution in [2.45, 2.75) is 13.5 Å². The van der Waals surface area contributed by atoms with Gasteiger partial charge in [0.15, 0.2) is 5.76 Å². The number of fused-ring (bicyclic) bond motifs is 1. The summed E-state index contributed by atoms with van der Waals surface area (Å²) in [5.41, 5.74) is 3.23. The molecule has 2 aromatic carbocycles. The van der Waals surface area contributed by atoms with Gasteiger partial charge < -0.3 is 14.6 Å². The lowest BCUT2D eigenvalue weighted by atomic mass is 10.0. The van der Waals surface area contributed by atoms with E-state index < -0.39 is 0 Å². The van der Waals surface area contributed by atoms with Crippen LogP contribution in [0, 0.1) is 6.92 Å². The minimum Gasteiger partial charge on any atom is -0.507 e. The normalized spacial score (nSPS) is 18.8. The maximum absolute atomic E-state index is 12.7. The van der Waals surface area contributed by atoms with Crippen molar-refractivity contribution in [3.05, 3.63) is 64.4 Å². The maximum atomic E-state index is 12.7. The second-order valence-electron chi connectivity index (χ2n) is 6.68. The third kappa shape index (κ3) is 3.23. The van der Waals surface area contributed by atoms with Gasteiger partial charge in [0.25, 0.3) is 0 Å². The van der Waals surface area contributed by atoms with E-state index in [1.165, 1.54) is 0 Å². The number of allylic oxidation sites excluding steroid dienone is 1. The molecule has 2 heterocycles. The van der Waals surface area contributed by atoms with Crippen LogP contribution in [0.1, 0.15) is 27.0 Å². The Morgan fingerprint density at radius 1 is 1.12 bits per heavy atom. The van der Waals surface area contributed by atoms with Crippen LogP contribution in [-0.2, 0) is 11.3 Å². The summed E-state index contributed by atoms with van der Waals surface area (Å²) in [6.45, 7) is 5.49.